The number of alkyl halides is 3. The molecule has 3 atom stereocenters. The molecule has 2 aliphatic heterocycles. The number of anilines is 1. The third-order valence-corrected chi connectivity index (χ3v) is 8.55. The van der Waals surface area contributed by atoms with E-state index in [9.17, 15) is 18.0 Å². The number of amides is 1. The molecule has 6 rings (SSSR count). The first-order chi connectivity index (χ1) is 19.1. The van der Waals surface area contributed by atoms with Crippen LogP contribution in [0, 0.1) is 0 Å². The lowest BCUT2D eigenvalue weighted by atomic mass is 9.86. The molecular weight excluding hydrogens is 519 g/mol. The van der Waals surface area contributed by atoms with Crippen LogP contribution in [0.2, 0.25) is 0 Å². The maximum atomic E-state index is 13.4. The van der Waals surface area contributed by atoms with Crippen molar-refractivity contribution in [3.63, 3.8) is 0 Å². The van der Waals surface area contributed by atoms with E-state index in [1.165, 1.54) is 13.2 Å². The maximum Gasteiger partial charge on any atom is 0.416 e. The second-order valence-electron chi connectivity index (χ2n) is 10.8. The summed E-state index contributed by atoms with van der Waals surface area (Å²) in [6.07, 6.45) is 2.44. The molecule has 2 aromatic heterocycles. The number of piperidine rings is 1. The van der Waals surface area contributed by atoms with Gasteiger partial charge in [-0.1, -0.05) is 36.4 Å². The fourth-order valence-electron chi connectivity index (χ4n) is 6.19. The zero-order chi connectivity index (χ0) is 28.2. The van der Waals surface area contributed by atoms with Gasteiger partial charge in [-0.05, 0) is 49.4 Å². The highest BCUT2D eigenvalue weighted by Crippen LogP contribution is 2.40. The number of hydrogen-bond acceptors (Lipinski definition) is 5. The number of nitrogens with zero attached hydrogens (tertiary/aromatic N) is 4. The Labute approximate surface area is 229 Å². The van der Waals surface area contributed by atoms with Crippen LogP contribution < -0.4 is 5.73 Å². The number of aromatic nitrogens is 3. The van der Waals surface area contributed by atoms with Crippen LogP contribution in [-0.4, -0.2) is 44.9 Å². The monoisotopic (exact) mass is 549 g/mol. The van der Waals surface area contributed by atoms with Gasteiger partial charge in [0.05, 0.1) is 5.56 Å². The van der Waals surface area contributed by atoms with Crippen LogP contribution in [0.1, 0.15) is 61.0 Å². The van der Waals surface area contributed by atoms with E-state index in [0.717, 1.165) is 42.8 Å². The average molecular weight is 550 g/mol. The van der Waals surface area contributed by atoms with E-state index in [1.807, 2.05) is 39.8 Å². The molecule has 0 saturated carbocycles. The van der Waals surface area contributed by atoms with Gasteiger partial charge >= 0.3 is 6.18 Å². The molecule has 4 aromatic rings. The molecule has 2 fully saturated rings. The van der Waals surface area contributed by atoms with Crippen molar-refractivity contribution in [3.8, 4) is 11.3 Å². The van der Waals surface area contributed by atoms with E-state index >= 15 is 0 Å². The Bertz CT molecular complexity index is 1580. The molecule has 7 nitrogen and oxygen atoms in total. The van der Waals surface area contributed by atoms with Gasteiger partial charge in [-0.2, -0.15) is 13.2 Å². The van der Waals surface area contributed by atoms with E-state index in [0.29, 0.717) is 47.2 Å². The third-order valence-electron chi connectivity index (χ3n) is 8.55. The number of hydrogen-bond donors (Lipinski definition) is 1. The number of nitrogens with two attached hydrogens (primary N) is 1. The Morgan fingerprint density at radius 3 is 2.50 bits per heavy atom. The van der Waals surface area contributed by atoms with Crippen LogP contribution in [0.5, 0.6) is 0 Å². The number of nitrogen functional groups attached to an aromatic ring is 1. The number of fused-ring (bicyclic) bond motifs is 2. The summed E-state index contributed by atoms with van der Waals surface area (Å²) in [5.74, 6) is 1.46. The summed E-state index contributed by atoms with van der Waals surface area (Å²) in [4.78, 5) is 23.8. The van der Waals surface area contributed by atoms with Crippen molar-refractivity contribution in [2.24, 2.45) is 0 Å². The minimum Gasteiger partial charge on any atom is -0.382 e. The minimum absolute atomic E-state index is 0.0679. The molecule has 0 spiro atoms. The Morgan fingerprint density at radius 2 is 1.77 bits per heavy atom. The summed E-state index contributed by atoms with van der Waals surface area (Å²) in [6, 6.07) is 12.9. The summed E-state index contributed by atoms with van der Waals surface area (Å²) < 4.78 is 48.0. The molecule has 0 aliphatic carbocycles. The molecule has 2 aliphatic rings. The lowest BCUT2D eigenvalue weighted by Crippen LogP contribution is -2.41. The summed E-state index contributed by atoms with van der Waals surface area (Å²) in [5, 5.41) is 0. The highest BCUT2D eigenvalue weighted by Gasteiger charge is 2.39. The number of halogens is 3. The van der Waals surface area contributed by atoms with E-state index in [2.05, 4.69) is 4.98 Å². The number of imidazole rings is 1. The highest BCUT2D eigenvalue weighted by atomic mass is 19.4. The van der Waals surface area contributed by atoms with Gasteiger partial charge in [0, 0.05) is 50.0 Å². The first-order valence-electron chi connectivity index (χ1n) is 13.4. The van der Waals surface area contributed by atoms with Gasteiger partial charge in [0.1, 0.15) is 28.5 Å². The summed E-state index contributed by atoms with van der Waals surface area (Å²) in [5.41, 5.74) is 7.74. The molecular formula is C30H30F3N5O2. The molecule has 0 unspecified atom stereocenters. The number of methoxy groups -OCH3 is 1. The van der Waals surface area contributed by atoms with Gasteiger partial charge in [-0.3, -0.25) is 9.20 Å². The van der Waals surface area contributed by atoms with Gasteiger partial charge in [0.25, 0.3) is 0 Å². The van der Waals surface area contributed by atoms with Gasteiger partial charge in [0.15, 0.2) is 0 Å². The molecule has 0 bridgehead atoms. The summed E-state index contributed by atoms with van der Waals surface area (Å²) in [6.45, 7) is 2.38. The van der Waals surface area contributed by atoms with E-state index in [-0.39, 0.29) is 11.8 Å². The van der Waals surface area contributed by atoms with Crippen LogP contribution in [0.4, 0.5) is 19.0 Å². The molecule has 40 heavy (non-hydrogen) atoms. The number of benzene rings is 2. The molecule has 208 valence electrons. The smallest absolute Gasteiger partial charge is 0.382 e. The average Bonchev–Trinajstić information content (AvgIpc) is 3.53. The van der Waals surface area contributed by atoms with Crippen molar-refractivity contribution in [3.05, 3.63) is 83.4 Å². The van der Waals surface area contributed by atoms with Crippen LogP contribution in [-0.2, 0) is 21.3 Å². The van der Waals surface area contributed by atoms with Crippen LogP contribution in [0.3, 0.4) is 0 Å². The van der Waals surface area contributed by atoms with Crippen molar-refractivity contribution in [2.75, 3.05) is 19.4 Å². The van der Waals surface area contributed by atoms with Gasteiger partial charge in [-0.25, -0.2) is 9.97 Å². The number of carbonyl (C=O) groups excluding carboxylic acids is 1. The van der Waals surface area contributed by atoms with Crippen molar-refractivity contribution < 1.29 is 22.7 Å². The SMILES string of the molecule is CO[C@@](C)(c1ccc(-c2nc([C@@H]3CC[C@H]4CCC(=O)N4C3)n3ccnc(N)c23)cc1)c1cccc(C(F)(F)F)c1. The van der Waals surface area contributed by atoms with Gasteiger partial charge < -0.3 is 15.4 Å². The predicted molar refractivity (Wildman–Crippen MR) is 144 cm³/mol. The summed E-state index contributed by atoms with van der Waals surface area (Å²) >= 11 is 0. The number of ether oxygens (including phenoxy) is 1. The van der Waals surface area contributed by atoms with Crippen LogP contribution >= 0.6 is 0 Å². The molecule has 0 radical (unpaired) electrons. The van der Waals surface area contributed by atoms with Gasteiger partial charge in [-0.15, -0.1) is 0 Å². The highest BCUT2D eigenvalue weighted by molar-refractivity contribution is 5.85. The standard InChI is InChI=1S/C30H30F3N5O2/c1-29(40-2,21-4-3-5-22(16-21)30(31,32)33)20-9-6-18(7-10-20)25-26-27(34)35-14-15-37(26)28(36-25)19-8-11-23-12-13-24(39)38(23)17-19/h3-7,9-10,14-16,19,23H,8,11-13,17H2,1-2H3,(H2,34,35)/t19-,23+,29+/m1/s1. The predicted octanol–water partition coefficient (Wildman–Crippen LogP) is 5.78. The number of rotatable bonds is 5. The topological polar surface area (TPSA) is 85.8 Å². The first kappa shape index (κ1) is 26.3. The van der Waals surface area contributed by atoms with Gasteiger partial charge in [0.2, 0.25) is 5.91 Å². The quantitative estimate of drug-likeness (QED) is 0.341. The Hall–Kier alpha value is -3.92. The molecule has 2 aromatic carbocycles. The van der Waals surface area contributed by atoms with E-state index in [1.54, 1.807) is 19.2 Å². The van der Waals surface area contributed by atoms with Crippen molar-refractivity contribution >= 4 is 17.2 Å². The third kappa shape index (κ3) is 4.30. The van der Waals surface area contributed by atoms with E-state index in [4.69, 9.17) is 15.5 Å². The molecule has 2 saturated heterocycles. The lowest BCUT2D eigenvalue weighted by Gasteiger charge is -2.34. The molecule has 1 amide bonds. The van der Waals surface area contributed by atoms with E-state index < -0.39 is 17.3 Å². The fraction of sp³-hybridized carbons (Fsp3) is 0.367. The number of carbonyl (C=O) groups is 1. The minimum atomic E-state index is -4.45. The van der Waals surface area contributed by atoms with Crippen molar-refractivity contribution in [1.29, 1.82) is 0 Å². The Morgan fingerprint density at radius 1 is 1.02 bits per heavy atom. The normalized spacial score (nSPS) is 21.0. The Balaban J connectivity index is 1.37. The van der Waals surface area contributed by atoms with Crippen molar-refractivity contribution in [1.82, 2.24) is 19.3 Å². The maximum absolute atomic E-state index is 13.4. The van der Waals surface area contributed by atoms with Crippen molar-refractivity contribution in [2.45, 2.75) is 56.3 Å². The zero-order valence-electron chi connectivity index (χ0n) is 22.3. The van der Waals surface area contributed by atoms with Crippen LogP contribution in [0.25, 0.3) is 16.8 Å². The second-order valence-corrected chi connectivity index (χ2v) is 10.8. The van der Waals surface area contributed by atoms with Crippen LogP contribution in [0.15, 0.2) is 60.9 Å². The largest absolute Gasteiger partial charge is 0.416 e. The fourth-order valence-corrected chi connectivity index (χ4v) is 6.19. The first-order valence-corrected chi connectivity index (χ1v) is 13.4. The summed E-state index contributed by atoms with van der Waals surface area (Å²) in [7, 11) is 1.48. The lowest BCUT2D eigenvalue weighted by molar-refractivity contribution is -0.137. The zero-order valence-corrected chi connectivity index (χ0v) is 22.3. The molecule has 10 heteroatoms. The Kier molecular flexibility index (Phi) is 6.33. The molecule has 2 N–H and O–H groups in total. The molecule has 4 heterocycles. The second kappa shape index (κ2) is 9.62.